The average molecular weight is 441 g/mol. The first kappa shape index (κ1) is 24.4. The van der Waals surface area contributed by atoms with E-state index in [2.05, 4.69) is 15.8 Å². The quantitative estimate of drug-likeness (QED) is 0.332. The maximum atomic E-state index is 12.2. The molecule has 2 unspecified atom stereocenters. The van der Waals surface area contributed by atoms with Crippen molar-refractivity contribution >= 4 is 24.0 Å². The highest BCUT2D eigenvalue weighted by Crippen LogP contribution is 2.14. The largest absolute Gasteiger partial charge is 0.497 e. The van der Waals surface area contributed by atoms with Crippen molar-refractivity contribution in [3.05, 3.63) is 59.7 Å². The molecule has 0 aliphatic heterocycles. The molecule has 170 valence electrons. The van der Waals surface area contributed by atoms with E-state index in [0.29, 0.717) is 22.6 Å². The summed E-state index contributed by atoms with van der Waals surface area (Å²) in [7, 11) is 1.54. The van der Waals surface area contributed by atoms with Gasteiger partial charge in [0.15, 0.2) is 6.10 Å². The molecule has 2 aromatic carbocycles. The number of methoxy groups -OCH3 is 1. The molecule has 0 spiro atoms. The van der Waals surface area contributed by atoms with Crippen molar-refractivity contribution in [2.24, 2.45) is 5.10 Å². The number of nitrogens with one attached hydrogen (secondary N) is 2. The van der Waals surface area contributed by atoms with E-state index < -0.39 is 24.0 Å². The normalized spacial score (nSPS) is 12.5. The first-order valence-corrected chi connectivity index (χ1v) is 10.0. The van der Waals surface area contributed by atoms with Crippen molar-refractivity contribution in [2.75, 3.05) is 13.7 Å². The molecule has 0 heterocycles. The third-order valence-electron chi connectivity index (χ3n) is 4.29. The molecular formula is C23H27N3O6. The Bertz CT molecular complexity index is 941. The molecule has 32 heavy (non-hydrogen) atoms. The fourth-order valence-corrected chi connectivity index (χ4v) is 2.50. The van der Waals surface area contributed by atoms with Gasteiger partial charge in [-0.2, -0.15) is 5.10 Å². The third kappa shape index (κ3) is 7.42. The number of esters is 1. The Balaban J connectivity index is 1.82. The Morgan fingerprint density at radius 1 is 1.00 bits per heavy atom. The molecule has 0 aliphatic carbocycles. The zero-order valence-corrected chi connectivity index (χ0v) is 18.5. The molecular weight excluding hydrogens is 414 g/mol. The van der Waals surface area contributed by atoms with Gasteiger partial charge in [-0.3, -0.25) is 9.59 Å². The van der Waals surface area contributed by atoms with E-state index in [-0.39, 0.29) is 12.5 Å². The van der Waals surface area contributed by atoms with Crippen molar-refractivity contribution in [3.63, 3.8) is 0 Å². The molecule has 0 radical (unpaired) electrons. The predicted molar refractivity (Wildman–Crippen MR) is 119 cm³/mol. The van der Waals surface area contributed by atoms with Gasteiger partial charge in [-0.15, -0.1) is 0 Å². The van der Waals surface area contributed by atoms with Crippen LogP contribution in [-0.4, -0.2) is 49.9 Å². The lowest BCUT2D eigenvalue weighted by Gasteiger charge is -2.13. The maximum absolute atomic E-state index is 12.2. The molecule has 2 rings (SSSR count). The highest BCUT2D eigenvalue weighted by atomic mass is 16.6. The van der Waals surface area contributed by atoms with E-state index in [1.807, 2.05) is 0 Å². The van der Waals surface area contributed by atoms with Gasteiger partial charge in [-0.05, 0) is 74.9 Å². The molecule has 0 saturated heterocycles. The molecule has 2 atom stereocenters. The van der Waals surface area contributed by atoms with E-state index in [4.69, 9.17) is 14.2 Å². The highest BCUT2D eigenvalue weighted by molar-refractivity contribution is 5.97. The van der Waals surface area contributed by atoms with Gasteiger partial charge in [0.25, 0.3) is 11.8 Å². The third-order valence-corrected chi connectivity index (χ3v) is 4.29. The summed E-state index contributed by atoms with van der Waals surface area (Å²) in [5.41, 5.74) is 3.50. The Hall–Kier alpha value is -3.88. The summed E-state index contributed by atoms with van der Waals surface area (Å²) in [4.78, 5) is 36.0. The van der Waals surface area contributed by atoms with Gasteiger partial charge in [-0.1, -0.05) is 0 Å². The number of rotatable bonds is 10. The minimum Gasteiger partial charge on any atom is -0.497 e. The van der Waals surface area contributed by atoms with Gasteiger partial charge in [0.2, 0.25) is 0 Å². The Labute approximate surface area is 186 Å². The van der Waals surface area contributed by atoms with Crippen LogP contribution < -0.4 is 20.2 Å². The second-order valence-corrected chi connectivity index (χ2v) is 6.74. The van der Waals surface area contributed by atoms with Gasteiger partial charge in [0.05, 0.1) is 19.9 Å². The monoisotopic (exact) mass is 441 g/mol. The molecule has 2 amide bonds. The highest BCUT2D eigenvalue weighted by Gasteiger charge is 2.17. The fraction of sp³-hybridized carbons (Fsp3) is 0.304. The molecule has 2 N–H and O–H groups in total. The van der Waals surface area contributed by atoms with Gasteiger partial charge < -0.3 is 19.5 Å². The molecule has 2 aromatic rings. The summed E-state index contributed by atoms with van der Waals surface area (Å²) in [6.07, 6.45) is 0.734. The van der Waals surface area contributed by atoms with E-state index in [1.165, 1.54) is 13.3 Å². The van der Waals surface area contributed by atoms with Crippen LogP contribution in [0.15, 0.2) is 53.6 Å². The number of benzene rings is 2. The van der Waals surface area contributed by atoms with Crippen LogP contribution in [0.5, 0.6) is 11.5 Å². The summed E-state index contributed by atoms with van der Waals surface area (Å²) in [5.74, 6) is -0.149. The maximum Gasteiger partial charge on any atom is 0.347 e. The summed E-state index contributed by atoms with van der Waals surface area (Å²) in [6.45, 7) is 5.19. The molecule has 9 nitrogen and oxygen atoms in total. The van der Waals surface area contributed by atoms with Crippen molar-refractivity contribution in [1.29, 1.82) is 0 Å². The van der Waals surface area contributed by atoms with Gasteiger partial charge in [0, 0.05) is 5.56 Å². The molecule has 0 bridgehead atoms. The summed E-state index contributed by atoms with van der Waals surface area (Å²) < 4.78 is 15.5. The Morgan fingerprint density at radius 3 is 2.22 bits per heavy atom. The summed E-state index contributed by atoms with van der Waals surface area (Å²) >= 11 is 0. The minimum absolute atomic E-state index is 0.289. The second-order valence-electron chi connectivity index (χ2n) is 6.74. The Morgan fingerprint density at radius 2 is 1.62 bits per heavy atom. The lowest BCUT2D eigenvalue weighted by molar-refractivity contribution is -0.150. The van der Waals surface area contributed by atoms with Crippen molar-refractivity contribution < 1.29 is 28.6 Å². The lowest BCUT2D eigenvalue weighted by Crippen LogP contribution is -2.43. The lowest BCUT2D eigenvalue weighted by atomic mass is 10.2. The van der Waals surface area contributed by atoms with E-state index in [1.54, 1.807) is 69.3 Å². The van der Waals surface area contributed by atoms with Gasteiger partial charge in [-0.25, -0.2) is 10.2 Å². The number of amides is 2. The van der Waals surface area contributed by atoms with Crippen molar-refractivity contribution in [3.8, 4) is 11.5 Å². The molecule has 9 heteroatoms. The number of carbonyl (C=O) groups excluding carboxylic acids is 3. The topological polar surface area (TPSA) is 115 Å². The van der Waals surface area contributed by atoms with Crippen LogP contribution in [0.3, 0.4) is 0 Å². The van der Waals surface area contributed by atoms with E-state index >= 15 is 0 Å². The van der Waals surface area contributed by atoms with Gasteiger partial charge >= 0.3 is 5.97 Å². The fourth-order valence-electron chi connectivity index (χ4n) is 2.50. The molecule has 0 aromatic heterocycles. The minimum atomic E-state index is -0.790. The number of hydrogen-bond acceptors (Lipinski definition) is 7. The van der Waals surface area contributed by atoms with Crippen LogP contribution >= 0.6 is 0 Å². The van der Waals surface area contributed by atoms with Crippen LogP contribution in [0.4, 0.5) is 0 Å². The standard InChI is InChI=1S/C23H27N3O6/c1-5-31-23(29)16(3)32-20-10-6-17(7-11-20)14-24-26-21(27)15(2)25-22(28)18-8-12-19(30-4)13-9-18/h6-16H,5H2,1-4H3,(H,25,28)(H,26,27). The van der Waals surface area contributed by atoms with Crippen molar-refractivity contribution in [1.82, 2.24) is 10.7 Å². The van der Waals surface area contributed by atoms with Gasteiger partial charge in [0.1, 0.15) is 17.5 Å². The molecule has 0 aliphatic rings. The number of ether oxygens (including phenoxy) is 3. The first-order valence-electron chi connectivity index (χ1n) is 10.0. The van der Waals surface area contributed by atoms with E-state index in [9.17, 15) is 14.4 Å². The molecule has 0 fully saturated rings. The first-order chi connectivity index (χ1) is 15.3. The zero-order valence-electron chi connectivity index (χ0n) is 18.5. The van der Waals surface area contributed by atoms with Crippen LogP contribution in [0.2, 0.25) is 0 Å². The van der Waals surface area contributed by atoms with Crippen molar-refractivity contribution in [2.45, 2.75) is 32.9 Å². The Kier molecular flexibility index (Phi) is 9.22. The SMILES string of the molecule is CCOC(=O)C(C)Oc1ccc(C=NNC(=O)C(C)NC(=O)c2ccc(OC)cc2)cc1. The van der Waals surface area contributed by atoms with Crippen LogP contribution in [0, 0.1) is 0 Å². The second kappa shape index (κ2) is 12.1. The number of nitrogens with zero attached hydrogens (tertiary/aromatic N) is 1. The number of carbonyl (C=O) groups is 3. The molecule has 0 saturated carbocycles. The smallest absolute Gasteiger partial charge is 0.347 e. The summed E-state index contributed by atoms with van der Waals surface area (Å²) in [6, 6.07) is 12.6. The predicted octanol–water partition coefficient (Wildman–Crippen LogP) is 2.29. The van der Waals surface area contributed by atoms with Crippen LogP contribution in [0.1, 0.15) is 36.7 Å². The van der Waals surface area contributed by atoms with Crippen LogP contribution in [0.25, 0.3) is 0 Å². The van der Waals surface area contributed by atoms with Crippen LogP contribution in [-0.2, 0) is 14.3 Å². The zero-order chi connectivity index (χ0) is 23.5. The summed E-state index contributed by atoms with van der Waals surface area (Å²) in [5, 5.41) is 6.51. The number of hydrogen-bond donors (Lipinski definition) is 2. The van der Waals surface area contributed by atoms with E-state index in [0.717, 1.165) is 0 Å². The average Bonchev–Trinajstić information content (AvgIpc) is 2.80. The number of hydrazone groups is 1.